The summed E-state index contributed by atoms with van der Waals surface area (Å²) in [4.78, 5) is 24.6. The van der Waals surface area contributed by atoms with Crippen LogP contribution in [0.15, 0.2) is 29.2 Å². The van der Waals surface area contributed by atoms with E-state index in [-0.39, 0.29) is 30.3 Å². The summed E-state index contributed by atoms with van der Waals surface area (Å²) in [6.07, 6.45) is 0.973. The Hall–Kier alpha value is -2.00. The van der Waals surface area contributed by atoms with E-state index in [0.717, 1.165) is 16.4 Å². The van der Waals surface area contributed by atoms with Gasteiger partial charge in [-0.15, -0.1) is 0 Å². The van der Waals surface area contributed by atoms with Crippen molar-refractivity contribution >= 4 is 21.8 Å². The molecule has 1 atom stereocenters. The molecule has 2 rings (SSSR count). The van der Waals surface area contributed by atoms with Gasteiger partial charge in [-0.3, -0.25) is 9.59 Å². The number of primary amides is 1. The molecule has 0 aliphatic carbocycles. The van der Waals surface area contributed by atoms with Crippen molar-refractivity contribution in [1.29, 1.82) is 0 Å². The molecule has 1 saturated heterocycles. The maximum absolute atomic E-state index is 13.0. The highest BCUT2D eigenvalue weighted by Gasteiger charge is 2.40. The van der Waals surface area contributed by atoms with E-state index in [1.165, 1.54) is 24.1 Å². The van der Waals surface area contributed by atoms with Crippen molar-refractivity contribution in [2.75, 3.05) is 20.1 Å². The van der Waals surface area contributed by atoms with Crippen LogP contribution in [0.1, 0.15) is 19.3 Å². The number of rotatable bonds is 6. The third kappa shape index (κ3) is 3.90. The van der Waals surface area contributed by atoms with Gasteiger partial charge in [-0.2, -0.15) is 4.31 Å². The van der Waals surface area contributed by atoms with E-state index in [4.69, 9.17) is 5.73 Å². The van der Waals surface area contributed by atoms with E-state index < -0.39 is 27.8 Å². The summed E-state index contributed by atoms with van der Waals surface area (Å²) in [5, 5.41) is 0. The van der Waals surface area contributed by atoms with Gasteiger partial charge in [0.15, 0.2) is 0 Å². The number of nitrogens with zero attached hydrogens (tertiary/aromatic N) is 2. The predicted molar refractivity (Wildman–Crippen MR) is 84.8 cm³/mol. The molecule has 0 bridgehead atoms. The fraction of sp³-hybridized carbons (Fsp3) is 0.467. The standard InChI is InChI=1S/C15H20FN3O4S/c1-18(10-8-14(17)20)15(21)13-3-2-9-19(13)24(22,23)12-6-4-11(16)5-7-12/h4-7,13H,2-3,8-10H2,1H3,(H2,17,20)/t13-/m1/s1. The van der Waals surface area contributed by atoms with Gasteiger partial charge in [-0.1, -0.05) is 0 Å². The SMILES string of the molecule is CN(CCC(N)=O)C(=O)[C@H]1CCCN1S(=O)(=O)c1ccc(F)cc1. The molecule has 24 heavy (non-hydrogen) atoms. The molecule has 9 heteroatoms. The molecule has 1 aliphatic rings. The van der Waals surface area contributed by atoms with Crippen molar-refractivity contribution < 1.29 is 22.4 Å². The maximum atomic E-state index is 13.0. The second kappa shape index (κ2) is 7.27. The molecular weight excluding hydrogens is 337 g/mol. The normalized spacial score (nSPS) is 18.5. The third-order valence-electron chi connectivity index (χ3n) is 3.98. The second-order valence-electron chi connectivity index (χ2n) is 5.70. The van der Waals surface area contributed by atoms with Crippen LogP contribution in [0.2, 0.25) is 0 Å². The quantitative estimate of drug-likeness (QED) is 0.792. The average Bonchev–Trinajstić information content (AvgIpc) is 3.02. The van der Waals surface area contributed by atoms with Crippen molar-refractivity contribution in [2.24, 2.45) is 5.73 Å². The molecular formula is C15H20FN3O4S. The van der Waals surface area contributed by atoms with Crippen LogP contribution in [-0.4, -0.2) is 55.6 Å². The summed E-state index contributed by atoms with van der Waals surface area (Å²) in [6, 6.07) is 3.68. The van der Waals surface area contributed by atoms with Crippen molar-refractivity contribution in [1.82, 2.24) is 9.21 Å². The summed E-state index contributed by atoms with van der Waals surface area (Å²) in [5.74, 6) is -1.44. The molecule has 2 amide bonds. The van der Waals surface area contributed by atoms with Crippen LogP contribution < -0.4 is 5.73 Å². The zero-order valence-electron chi connectivity index (χ0n) is 13.3. The first-order valence-electron chi connectivity index (χ1n) is 7.54. The molecule has 0 radical (unpaired) electrons. The molecule has 7 nitrogen and oxygen atoms in total. The van der Waals surface area contributed by atoms with E-state index in [1.807, 2.05) is 0 Å². The van der Waals surface area contributed by atoms with E-state index in [9.17, 15) is 22.4 Å². The van der Waals surface area contributed by atoms with Crippen molar-refractivity contribution in [2.45, 2.75) is 30.2 Å². The number of benzene rings is 1. The summed E-state index contributed by atoms with van der Waals surface area (Å²) < 4.78 is 39.6. The topological polar surface area (TPSA) is 101 Å². The van der Waals surface area contributed by atoms with Gasteiger partial charge in [0, 0.05) is 26.6 Å². The first-order chi connectivity index (χ1) is 11.2. The third-order valence-corrected chi connectivity index (χ3v) is 5.90. The maximum Gasteiger partial charge on any atom is 0.243 e. The molecule has 0 aromatic heterocycles. The van der Waals surface area contributed by atoms with E-state index in [2.05, 4.69) is 0 Å². The van der Waals surface area contributed by atoms with Gasteiger partial charge in [0.25, 0.3) is 0 Å². The highest BCUT2D eigenvalue weighted by molar-refractivity contribution is 7.89. The molecule has 1 fully saturated rings. The Morgan fingerprint density at radius 3 is 2.54 bits per heavy atom. The lowest BCUT2D eigenvalue weighted by molar-refractivity contribution is -0.133. The van der Waals surface area contributed by atoms with E-state index in [0.29, 0.717) is 12.8 Å². The summed E-state index contributed by atoms with van der Waals surface area (Å²) in [7, 11) is -2.38. The number of carbonyl (C=O) groups excluding carboxylic acids is 2. The molecule has 0 saturated carbocycles. The zero-order valence-corrected chi connectivity index (χ0v) is 14.1. The Labute approximate surface area is 140 Å². The van der Waals surface area contributed by atoms with Crippen molar-refractivity contribution in [3.63, 3.8) is 0 Å². The van der Waals surface area contributed by atoms with Crippen LogP contribution in [0.4, 0.5) is 4.39 Å². The number of carbonyl (C=O) groups is 2. The Morgan fingerprint density at radius 2 is 1.96 bits per heavy atom. The van der Waals surface area contributed by atoms with Crippen LogP contribution in [-0.2, 0) is 19.6 Å². The number of nitrogens with two attached hydrogens (primary N) is 1. The Bertz CT molecular complexity index is 721. The molecule has 1 aromatic carbocycles. The largest absolute Gasteiger partial charge is 0.370 e. The highest BCUT2D eigenvalue weighted by Crippen LogP contribution is 2.27. The van der Waals surface area contributed by atoms with E-state index in [1.54, 1.807) is 0 Å². The number of likely N-dealkylation sites (N-methyl/N-ethyl adjacent to an activating group) is 1. The van der Waals surface area contributed by atoms with Crippen molar-refractivity contribution in [3.8, 4) is 0 Å². The summed E-state index contributed by atoms with van der Waals surface area (Å²) in [5.41, 5.74) is 5.07. The fourth-order valence-electron chi connectivity index (χ4n) is 2.66. The van der Waals surface area contributed by atoms with E-state index >= 15 is 0 Å². The van der Waals surface area contributed by atoms with Gasteiger partial charge in [0.1, 0.15) is 11.9 Å². The van der Waals surface area contributed by atoms with Gasteiger partial charge in [-0.05, 0) is 37.1 Å². The number of hydrogen-bond acceptors (Lipinski definition) is 4. The van der Waals surface area contributed by atoms with Gasteiger partial charge in [0.05, 0.1) is 4.90 Å². The molecule has 1 aromatic rings. The molecule has 1 heterocycles. The predicted octanol–water partition coefficient (Wildman–Crippen LogP) is 0.313. The van der Waals surface area contributed by atoms with Gasteiger partial charge >= 0.3 is 0 Å². The summed E-state index contributed by atoms with van der Waals surface area (Å²) in [6.45, 7) is 0.356. The first-order valence-corrected chi connectivity index (χ1v) is 8.98. The fourth-order valence-corrected chi connectivity index (χ4v) is 4.31. The minimum Gasteiger partial charge on any atom is -0.370 e. The number of halogens is 1. The second-order valence-corrected chi connectivity index (χ2v) is 7.59. The smallest absolute Gasteiger partial charge is 0.243 e. The Morgan fingerprint density at radius 1 is 1.33 bits per heavy atom. The van der Waals surface area contributed by atoms with Gasteiger partial charge in [-0.25, -0.2) is 12.8 Å². The minimum absolute atomic E-state index is 0.0136. The lowest BCUT2D eigenvalue weighted by Gasteiger charge is -2.27. The van der Waals surface area contributed by atoms with Crippen LogP contribution in [0.5, 0.6) is 0 Å². The van der Waals surface area contributed by atoms with Crippen LogP contribution in [0.3, 0.4) is 0 Å². The van der Waals surface area contributed by atoms with Crippen LogP contribution in [0.25, 0.3) is 0 Å². The number of sulfonamides is 1. The van der Waals surface area contributed by atoms with Gasteiger partial charge < -0.3 is 10.6 Å². The number of amides is 2. The molecule has 132 valence electrons. The van der Waals surface area contributed by atoms with Crippen LogP contribution in [0, 0.1) is 5.82 Å². The lowest BCUT2D eigenvalue weighted by Crippen LogP contribution is -2.47. The van der Waals surface area contributed by atoms with Crippen LogP contribution >= 0.6 is 0 Å². The number of hydrogen-bond donors (Lipinski definition) is 1. The molecule has 1 aliphatic heterocycles. The average molecular weight is 357 g/mol. The summed E-state index contributed by atoms with van der Waals surface area (Å²) >= 11 is 0. The Kier molecular flexibility index (Phi) is 5.55. The molecule has 0 unspecified atom stereocenters. The lowest BCUT2D eigenvalue weighted by atomic mass is 10.2. The van der Waals surface area contributed by atoms with Crippen molar-refractivity contribution in [3.05, 3.63) is 30.1 Å². The highest BCUT2D eigenvalue weighted by atomic mass is 32.2. The first kappa shape index (κ1) is 18.3. The molecule has 0 spiro atoms. The van der Waals surface area contributed by atoms with Gasteiger partial charge in [0.2, 0.25) is 21.8 Å². The minimum atomic E-state index is -3.89. The Balaban J connectivity index is 2.18. The molecule has 2 N–H and O–H groups in total. The monoisotopic (exact) mass is 357 g/mol. The zero-order chi connectivity index (χ0) is 17.9.